The van der Waals surface area contributed by atoms with Crippen LogP contribution >= 0.6 is 0 Å². The summed E-state index contributed by atoms with van der Waals surface area (Å²) in [6.07, 6.45) is 6.67. The first kappa shape index (κ1) is 14.4. The summed E-state index contributed by atoms with van der Waals surface area (Å²) < 4.78 is 5.21. The topological polar surface area (TPSA) is 71.1 Å². The second kappa shape index (κ2) is 5.77. The molecule has 6 nitrogen and oxygen atoms in total. The van der Waals surface area contributed by atoms with Gasteiger partial charge in [-0.1, -0.05) is 0 Å². The molecule has 0 spiro atoms. The Balaban J connectivity index is 1.53. The van der Waals surface area contributed by atoms with E-state index in [2.05, 4.69) is 14.9 Å². The number of aromatic amines is 1. The molecule has 6 heteroatoms. The maximum atomic E-state index is 12.4. The van der Waals surface area contributed by atoms with Gasteiger partial charge in [0.15, 0.2) is 0 Å². The summed E-state index contributed by atoms with van der Waals surface area (Å²) in [5.41, 5.74) is 2.92. The molecule has 2 aromatic rings. The van der Waals surface area contributed by atoms with Crippen LogP contribution in [0.5, 0.6) is 5.75 Å². The van der Waals surface area contributed by atoms with Crippen molar-refractivity contribution in [3.63, 3.8) is 0 Å². The number of ether oxygens (including phenoxy) is 1. The minimum absolute atomic E-state index is 0.0327. The van der Waals surface area contributed by atoms with E-state index in [9.17, 15) is 4.79 Å². The standard InChI is InChI=1S/C17H20N4O2/c1-23-13-6-11(7-18-8-13)9-21-5-4-15-14(10-21)17(22)20-16(19-15)12-2-3-12/h6-8,12H,2-5,9-10H2,1H3,(H,19,20,22). The zero-order valence-corrected chi connectivity index (χ0v) is 13.2. The number of nitrogens with zero attached hydrogens (tertiary/aromatic N) is 3. The highest BCUT2D eigenvalue weighted by Crippen LogP contribution is 2.37. The minimum Gasteiger partial charge on any atom is -0.495 e. The molecule has 0 bridgehead atoms. The molecule has 0 saturated heterocycles. The van der Waals surface area contributed by atoms with E-state index in [0.717, 1.165) is 60.7 Å². The number of fused-ring (bicyclic) bond motifs is 1. The van der Waals surface area contributed by atoms with Crippen LogP contribution in [-0.2, 0) is 19.5 Å². The summed E-state index contributed by atoms with van der Waals surface area (Å²) in [6.45, 7) is 2.30. The van der Waals surface area contributed by atoms with E-state index >= 15 is 0 Å². The fourth-order valence-corrected chi connectivity index (χ4v) is 3.11. The highest BCUT2D eigenvalue weighted by molar-refractivity contribution is 5.25. The summed E-state index contributed by atoms with van der Waals surface area (Å²) in [4.78, 5) is 26.5. The smallest absolute Gasteiger partial charge is 0.255 e. The Hall–Kier alpha value is -2.21. The van der Waals surface area contributed by atoms with Crippen LogP contribution in [0.2, 0.25) is 0 Å². The molecule has 0 amide bonds. The van der Waals surface area contributed by atoms with E-state index in [1.54, 1.807) is 13.3 Å². The molecule has 4 rings (SSSR count). The van der Waals surface area contributed by atoms with E-state index in [1.807, 2.05) is 12.3 Å². The maximum absolute atomic E-state index is 12.4. The van der Waals surface area contributed by atoms with Crippen molar-refractivity contribution in [3.8, 4) is 5.75 Å². The van der Waals surface area contributed by atoms with Crippen molar-refractivity contribution in [2.24, 2.45) is 0 Å². The normalized spacial score (nSPS) is 17.8. The third kappa shape index (κ3) is 2.99. The van der Waals surface area contributed by atoms with Gasteiger partial charge in [0.1, 0.15) is 11.6 Å². The fourth-order valence-electron chi connectivity index (χ4n) is 3.11. The average Bonchev–Trinajstić information content (AvgIpc) is 3.40. The van der Waals surface area contributed by atoms with Gasteiger partial charge >= 0.3 is 0 Å². The average molecular weight is 312 g/mol. The number of nitrogens with one attached hydrogen (secondary N) is 1. The molecule has 1 fully saturated rings. The van der Waals surface area contributed by atoms with Gasteiger partial charge < -0.3 is 9.72 Å². The van der Waals surface area contributed by atoms with Crippen LogP contribution in [0.25, 0.3) is 0 Å². The first-order chi connectivity index (χ1) is 11.2. The molecule has 0 radical (unpaired) electrons. The number of pyridine rings is 1. The quantitative estimate of drug-likeness (QED) is 0.928. The minimum atomic E-state index is 0.0327. The van der Waals surface area contributed by atoms with Gasteiger partial charge in [-0.25, -0.2) is 4.98 Å². The lowest BCUT2D eigenvalue weighted by Crippen LogP contribution is -2.35. The van der Waals surface area contributed by atoms with Crippen LogP contribution in [0.15, 0.2) is 23.3 Å². The Morgan fingerprint density at radius 1 is 1.39 bits per heavy atom. The fraction of sp³-hybridized carbons (Fsp3) is 0.471. The Morgan fingerprint density at radius 3 is 3.04 bits per heavy atom. The molecule has 1 N–H and O–H groups in total. The third-order valence-electron chi connectivity index (χ3n) is 4.54. The van der Waals surface area contributed by atoms with Gasteiger partial charge in [0, 0.05) is 38.2 Å². The van der Waals surface area contributed by atoms with Crippen LogP contribution in [0, 0.1) is 0 Å². The number of H-pyrrole nitrogens is 1. The zero-order chi connectivity index (χ0) is 15.8. The summed E-state index contributed by atoms with van der Waals surface area (Å²) in [5, 5.41) is 0. The van der Waals surface area contributed by atoms with E-state index < -0.39 is 0 Å². The molecule has 1 aliphatic heterocycles. The van der Waals surface area contributed by atoms with E-state index in [4.69, 9.17) is 9.72 Å². The predicted octanol–water partition coefficient (Wildman–Crippen LogP) is 1.61. The second-order valence-electron chi connectivity index (χ2n) is 6.34. The number of rotatable bonds is 4. The van der Waals surface area contributed by atoms with E-state index in [0.29, 0.717) is 12.5 Å². The van der Waals surface area contributed by atoms with Crippen molar-refractivity contribution >= 4 is 0 Å². The number of methoxy groups -OCH3 is 1. The molecule has 0 atom stereocenters. The Labute approximate surface area is 134 Å². The van der Waals surface area contributed by atoms with Crippen molar-refractivity contribution in [2.75, 3.05) is 13.7 Å². The molecular weight excluding hydrogens is 292 g/mol. The highest BCUT2D eigenvalue weighted by Gasteiger charge is 2.29. The first-order valence-electron chi connectivity index (χ1n) is 8.05. The van der Waals surface area contributed by atoms with Gasteiger partial charge in [0.05, 0.1) is 24.6 Å². The van der Waals surface area contributed by atoms with Gasteiger partial charge in [0.2, 0.25) is 0 Å². The van der Waals surface area contributed by atoms with Crippen molar-refractivity contribution in [1.29, 1.82) is 0 Å². The molecule has 2 aliphatic rings. The lowest BCUT2D eigenvalue weighted by atomic mass is 10.1. The molecular formula is C17H20N4O2. The molecule has 120 valence electrons. The molecule has 3 heterocycles. The van der Waals surface area contributed by atoms with Crippen LogP contribution in [0.1, 0.15) is 41.4 Å². The van der Waals surface area contributed by atoms with Crippen molar-refractivity contribution in [1.82, 2.24) is 19.9 Å². The Kier molecular flexibility index (Phi) is 3.61. The molecule has 0 aromatic carbocycles. The van der Waals surface area contributed by atoms with E-state index in [1.165, 1.54) is 0 Å². The first-order valence-corrected chi connectivity index (χ1v) is 8.05. The second-order valence-corrected chi connectivity index (χ2v) is 6.34. The lowest BCUT2D eigenvalue weighted by Gasteiger charge is -2.27. The summed E-state index contributed by atoms with van der Waals surface area (Å²) in [6, 6.07) is 1.99. The third-order valence-corrected chi connectivity index (χ3v) is 4.54. The SMILES string of the molecule is COc1cncc(CN2CCc3nc(C4CC4)[nH]c(=O)c3C2)c1. The number of hydrogen-bond donors (Lipinski definition) is 1. The van der Waals surface area contributed by atoms with Crippen LogP contribution in [0.3, 0.4) is 0 Å². The Morgan fingerprint density at radius 2 is 2.26 bits per heavy atom. The van der Waals surface area contributed by atoms with Gasteiger partial charge in [-0.2, -0.15) is 0 Å². The number of hydrogen-bond acceptors (Lipinski definition) is 5. The van der Waals surface area contributed by atoms with Gasteiger partial charge in [-0.05, 0) is 24.5 Å². The van der Waals surface area contributed by atoms with Crippen molar-refractivity contribution in [3.05, 3.63) is 51.5 Å². The maximum Gasteiger partial charge on any atom is 0.255 e. The summed E-state index contributed by atoms with van der Waals surface area (Å²) in [7, 11) is 1.64. The van der Waals surface area contributed by atoms with Crippen LogP contribution in [-0.4, -0.2) is 33.5 Å². The molecule has 0 unspecified atom stereocenters. The largest absolute Gasteiger partial charge is 0.495 e. The van der Waals surface area contributed by atoms with Gasteiger partial charge in [-0.3, -0.25) is 14.7 Å². The Bertz CT molecular complexity index is 782. The van der Waals surface area contributed by atoms with Crippen LogP contribution < -0.4 is 10.3 Å². The molecule has 1 saturated carbocycles. The molecule has 1 aliphatic carbocycles. The van der Waals surface area contributed by atoms with Gasteiger partial charge in [-0.15, -0.1) is 0 Å². The van der Waals surface area contributed by atoms with Gasteiger partial charge in [0.25, 0.3) is 5.56 Å². The van der Waals surface area contributed by atoms with E-state index in [-0.39, 0.29) is 5.56 Å². The van der Waals surface area contributed by atoms with Crippen molar-refractivity contribution in [2.45, 2.75) is 38.3 Å². The summed E-state index contributed by atoms with van der Waals surface area (Å²) in [5.74, 6) is 2.13. The monoisotopic (exact) mass is 312 g/mol. The molecule has 23 heavy (non-hydrogen) atoms. The predicted molar refractivity (Wildman–Crippen MR) is 85.4 cm³/mol. The highest BCUT2D eigenvalue weighted by atomic mass is 16.5. The molecule has 2 aromatic heterocycles. The zero-order valence-electron chi connectivity index (χ0n) is 13.2. The lowest BCUT2D eigenvalue weighted by molar-refractivity contribution is 0.240. The van der Waals surface area contributed by atoms with Crippen LogP contribution in [0.4, 0.5) is 0 Å². The number of aromatic nitrogens is 3. The van der Waals surface area contributed by atoms with Crippen molar-refractivity contribution < 1.29 is 4.74 Å². The summed E-state index contributed by atoms with van der Waals surface area (Å²) >= 11 is 0.